The molecular weight excluding hydrogens is 140 g/mol. The molecule has 0 unspecified atom stereocenters. The van der Waals surface area contributed by atoms with E-state index in [4.69, 9.17) is 0 Å². The van der Waals surface area contributed by atoms with Gasteiger partial charge in [0.1, 0.15) is 5.69 Å². The van der Waals surface area contributed by atoms with E-state index < -0.39 is 0 Å². The smallest absolute Gasteiger partial charge is 0.183 e. The lowest BCUT2D eigenvalue weighted by atomic mass is 10.0. The lowest BCUT2D eigenvalue weighted by Gasteiger charge is -2.00. The molecule has 3 heteroatoms. The van der Waals surface area contributed by atoms with Gasteiger partial charge in [-0.2, -0.15) is 5.10 Å². The fourth-order valence-electron chi connectivity index (χ4n) is 0.884. The van der Waals surface area contributed by atoms with E-state index in [2.05, 4.69) is 10.2 Å². The first kappa shape index (κ1) is 7.98. The molecule has 1 heterocycles. The highest BCUT2D eigenvalue weighted by molar-refractivity contribution is 5.96. The van der Waals surface area contributed by atoms with Gasteiger partial charge < -0.3 is 0 Å². The van der Waals surface area contributed by atoms with Crippen molar-refractivity contribution < 1.29 is 4.79 Å². The van der Waals surface area contributed by atoms with Crippen LogP contribution in [0.1, 0.15) is 29.9 Å². The standard InChI is InChI=1S/C8H12N2O/c1-5(2)8(11)7-6(3)4-9-10-7/h4-5H,1-3H3,(H,9,10). The first-order chi connectivity index (χ1) is 5.13. The Balaban J connectivity index is 2.93. The second-order valence-electron chi connectivity index (χ2n) is 2.95. The number of aromatic amines is 1. The first-order valence-electron chi connectivity index (χ1n) is 3.67. The Kier molecular flexibility index (Phi) is 2.08. The quantitative estimate of drug-likeness (QED) is 0.653. The summed E-state index contributed by atoms with van der Waals surface area (Å²) in [5.41, 5.74) is 1.56. The number of H-pyrrole nitrogens is 1. The molecule has 1 aromatic heterocycles. The van der Waals surface area contributed by atoms with Gasteiger partial charge in [0.2, 0.25) is 0 Å². The zero-order chi connectivity index (χ0) is 8.43. The molecule has 0 radical (unpaired) electrons. The van der Waals surface area contributed by atoms with Crippen molar-refractivity contribution in [3.63, 3.8) is 0 Å². The number of aryl methyl sites for hydroxylation is 1. The highest BCUT2D eigenvalue weighted by atomic mass is 16.1. The van der Waals surface area contributed by atoms with Gasteiger partial charge in [0.25, 0.3) is 0 Å². The van der Waals surface area contributed by atoms with E-state index in [1.165, 1.54) is 0 Å². The molecule has 60 valence electrons. The fraction of sp³-hybridized carbons (Fsp3) is 0.500. The van der Waals surface area contributed by atoms with Crippen molar-refractivity contribution in [1.82, 2.24) is 10.2 Å². The molecule has 0 fully saturated rings. The molecule has 1 N–H and O–H groups in total. The lowest BCUT2D eigenvalue weighted by Crippen LogP contribution is -2.09. The van der Waals surface area contributed by atoms with Gasteiger partial charge in [-0.05, 0) is 12.5 Å². The Morgan fingerprint density at radius 1 is 1.64 bits per heavy atom. The Morgan fingerprint density at radius 3 is 2.64 bits per heavy atom. The first-order valence-corrected chi connectivity index (χ1v) is 3.67. The van der Waals surface area contributed by atoms with Crippen molar-refractivity contribution >= 4 is 5.78 Å². The predicted molar refractivity (Wildman–Crippen MR) is 42.5 cm³/mol. The van der Waals surface area contributed by atoms with Crippen molar-refractivity contribution in [2.24, 2.45) is 5.92 Å². The van der Waals surface area contributed by atoms with E-state index in [1.807, 2.05) is 20.8 Å². The summed E-state index contributed by atoms with van der Waals surface area (Å²) in [4.78, 5) is 11.4. The minimum atomic E-state index is 0.0362. The van der Waals surface area contributed by atoms with Crippen molar-refractivity contribution in [3.8, 4) is 0 Å². The molecule has 1 aromatic rings. The van der Waals surface area contributed by atoms with Gasteiger partial charge in [-0.15, -0.1) is 0 Å². The second-order valence-corrected chi connectivity index (χ2v) is 2.95. The van der Waals surface area contributed by atoms with Gasteiger partial charge in [-0.3, -0.25) is 9.89 Å². The number of nitrogens with one attached hydrogen (secondary N) is 1. The average molecular weight is 152 g/mol. The van der Waals surface area contributed by atoms with Crippen LogP contribution < -0.4 is 0 Å². The van der Waals surface area contributed by atoms with Gasteiger partial charge in [0, 0.05) is 5.92 Å². The molecule has 0 aliphatic rings. The van der Waals surface area contributed by atoms with Crippen LogP contribution in [0, 0.1) is 12.8 Å². The minimum Gasteiger partial charge on any atom is -0.292 e. The highest BCUT2D eigenvalue weighted by Gasteiger charge is 2.13. The number of nitrogens with zero attached hydrogens (tertiary/aromatic N) is 1. The molecule has 0 amide bonds. The van der Waals surface area contributed by atoms with Gasteiger partial charge >= 0.3 is 0 Å². The number of hydrogen-bond acceptors (Lipinski definition) is 2. The van der Waals surface area contributed by atoms with Crippen LogP contribution in [0.4, 0.5) is 0 Å². The van der Waals surface area contributed by atoms with Crippen LogP contribution in [-0.4, -0.2) is 16.0 Å². The van der Waals surface area contributed by atoms with Crippen molar-refractivity contribution in [2.75, 3.05) is 0 Å². The van der Waals surface area contributed by atoms with E-state index in [0.29, 0.717) is 5.69 Å². The Labute approximate surface area is 65.8 Å². The van der Waals surface area contributed by atoms with Crippen LogP contribution >= 0.6 is 0 Å². The third-order valence-electron chi connectivity index (χ3n) is 1.60. The summed E-state index contributed by atoms with van der Waals surface area (Å²) in [6, 6.07) is 0. The van der Waals surface area contributed by atoms with Crippen LogP contribution in [0.25, 0.3) is 0 Å². The normalized spacial score (nSPS) is 10.5. The van der Waals surface area contributed by atoms with Crippen LogP contribution in [-0.2, 0) is 0 Å². The molecule has 0 aromatic carbocycles. The molecule has 0 bridgehead atoms. The third-order valence-corrected chi connectivity index (χ3v) is 1.60. The number of hydrogen-bond donors (Lipinski definition) is 1. The summed E-state index contributed by atoms with van der Waals surface area (Å²) >= 11 is 0. The minimum absolute atomic E-state index is 0.0362. The van der Waals surface area contributed by atoms with E-state index in [9.17, 15) is 4.79 Å². The Bertz CT molecular complexity index is 263. The zero-order valence-electron chi connectivity index (χ0n) is 7.01. The summed E-state index contributed by atoms with van der Waals surface area (Å²) in [5, 5.41) is 6.47. The molecule has 1 rings (SSSR count). The largest absolute Gasteiger partial charge is 0.292 e. The predicted octanol–water partition coefficient (Wildman–Crippen LogP) is 1.56. The van der Waals surface area contributed by atoms with Gasteiger partial charge in [-0.25, -0.2) is 0 Å². The number of carbonyl (C=O) groups is 1. The third kappa shape index (κ3) is 1.48. The van der Waals surface area contributed by atoms with E-state index in [-0.39, 0.29) is 11.7 Å². The number of aromatic nitrogens is 2. The van der Waals surface area contributed by atoms with Gasteiger partial charge in [-0.1, -0.05) is 13.8 Å². The van der Waals surface area contributed by atoms with E-state index in [1.54, 1.807) is 6.20 Å². The maximum Gasteiger partial charge on any atom is 0.183 e. The van der Waals surface area contributed by atoms with Crippen LogP contribution in [0.5, 0.6) is 0 Å². The molecule has 0 atom stereocenters. The summed E-state index contributed by atoms with van der Waals surface area (Å²) in [6.45, 7) is 5.63. The number of ketones is 1. The zero-order valence-corrected chi connectivity index (χ0v) is 7.01. The molecule has 0 spiro atoms. The van der Waals surface area contributed by atoms with Crippen molar-refractivity contribution in [3.05, 3.63) is 17.5 Å². The topological polar surface area (TPSA) is 45.8 Å². The number of Topliss-reactive ketones (excluding diaryl/α,β-unsaturated/α-hetero) is 1. The molecule has 3 nitrogen and oxygen atoms in total. The molecular formula is C8H12N2O. The Morgan fingerprint density at radius 2 is 2.27 bits per heavy atom. The monoisotopic (exact) mass is 152 g/mol. The summed E-state index contributed by atoms with van der Waals surface area (Å²) in [7, 11) is 0. The average Bonchev–Trinajstić information content (AvgIpc) is 2.33. The Hall–Kier alpha value is -1.12. The molecule has 0 saturated heterocycles. The van der Waals surface area contributed by atoms with E-state index >= 15 is 0 Å². The van der Waals surface area contributed by atoms with E-state index in [0.717, 1.165) is 5.56 Å². The maximum atomic E-state index is 11.4. The maximum absolute atomic E-state index is 11.4. The van der Waals surface area contributed by atoms with Crippen molar-refractivity contribution in [1.29, 1.82) is 0 Å². The summed E-state index contributed by atoms with van der Waals surface area (Å²) in [6.07, 6.45) is 1.66. The number of rotatable bonds is 2. The van der Waals surface area contributed by atoms with Gasteiger partial charge in [0.05, 0.1) is 6.20 Å². The fourth-order valence-corrected chi connectivity index (χ4v) is 0.884. The molecule has 0 saturated carbocycles. The molecule has 11 heavy (non-hydrogen) atoms. The number of carbonyl (C=O) groups excluding carboxylic acids is 1. The second kappa shape index (κ2) is 2.86. The molecule has 0 aliphatic heterocycles. The summed E-state index contributed by atoms with van der Waals surface area (Å²) < 4.78 is 0. The van der Waals surface area contributed by atoms with Gasteiger partial charge in [0.15, 0.2) is 5.78 Å². The lowest BCUT2D eigenvalue weighted by molar-refractivity contribution is 0.0933. The van der Waals surface area contributed by atoms with Crippen LogP contribution in [0.2, 0.25) is 0 Å². The SMILES string of the molecule is Cc1cn[nH]c1C(=O)C(C)C. The highest BCUT2D eigenvalue weighted by Crippen LogP contribution is 2.08. The van der Waals surface area contributed by atoms with Crippen molar-refractivity contribution in [2.45, 2.75) is 20.8 Å². The van der Waals surface area contributed by atoms with Crippen LogP contribution in [0.15, 0.2) is 6.20 Å². The summed E-state index contributed by atoms with van der Waals surface area (Å²) in [5.74, 6) is 0.161. The van der Waals surface area contributed by atoms with Crippen LogP contribution in [0.3, 0.4) is 0 Å². The molecule has 0 aliphatic carbocycles.